The lowest BCUT2D eigenvalue weighted by Gasteiger charge is -2.19. The van der Waals surface area contributed by atoms with Crippen LogP contribution in [0.2, 0.25) is 0 Å². The van der Waals surface area contributed by atoms with Gasteiger partial charge in [0.05, 0.1) is 18.1 Å². The molecule has 2 heterocycles. The molecule has 0 atom stereocenters. The fraction of sp³-hybridized carbons (Fsp3) is 0.208. The number of hydrogen-bond acceptors (Lipinski definition) is 7. The van der Waals surface area contributed by atoms with Crippen molar-refractivity contribution in [1.29, 1.82) is 0 Å². The van der Waals surface area contributed by atoms with Gasteiger partial charge in [-0.1, -0.05) is 0 Å². The predicted molar refractivity (Wildman–Crippen MR) is 125 cm³/mol. The summed E-state index contributed by atoms with van der Waals surface area (Å²) in [6.07, 6.45) is 0.793. The monoisotopic (exact) mass is 482 g/mol. The van der Waals surface area contributed by atoms with Crippen molar-refractivity contribution in [1.82, 2.24) is 0 Å². The van der Waals surface area contributed by atoms with Crippen molar-refractivity contribution in [2.24, 2.45) is 0 Å². The Labute approximate surface area is 196 Å². The van der Waals surface area contributed by atoms with Crippen molar-refractivity contribution in [2.45, 2.75) is 11.3 Å². The van der Waals surface area contributed by atoms with E-state index in [0.29, 0.717) is 66.4 Å². The van der Waals surface area contributed by atoms with E-state index in [1.54, 1.807) is 36.4 Å². The van der Waals surface area contributed by atoms with Gasteiger partial charge in [0.1, 0.15) is 13.2 Å². The predicted octanol–water partition coefficient (Wildman–Crippen LogP) is 3.67. The van der Waals surface area contributed by atoms with Crippen LogP contribution in [-0.2, 0) is 10.0 Å². The van der Waals surface area contributed by atoms with Crippen LogP contribution in [0.4, 0.5) is 11.4 Å². The van der Waals surface area contributed by atoms with Gasteiger partial charge in [-0.15, -0.1) is 0 Å². The molecule has 0 saturated heterocycles. The normalized spacial score (nSPS) is 14.6. The average Bonchev–Trinajstić information content (AvgIpc) is 3.09. The van der Waals surface area contributed by atoms with Crippen LogP contribution in [0, 0.1) is 0 Å². The highest BCUT2D eigenvalue weighted by atomic mass is 32.2. The molecular weight excluding hydrogens is 460 g/mol. The van der Waals surface area contributed by atoms with E-state index in [1.807, 2.05) is 0 Å². The summed E-state index contributed by atoms with van der Waals surface area (Å²) in [6, 6.07) is 15.8. The van der Waals surface area contributed by atoms with Crippen LogP contribution in [0.25, 0.3) is 0 Å². The first-order valence-corrected chi connectivity index (χ1v) is 12.2. The quantitative estimate of drug-likeness (QED) is 0.571. The Kier molecular flexibility index (Phi) is 5.89. The first-order valence-electron chi connectivity index (χ1n) is 10.7. The summed E-state index contributed by atoms with van der Waals surface area (Å²) in [4.78, 5) is 12.7. The number of nitrogens with one attached hydrogen (secondary N) is 2. The van der Waals surface area contributed by atoms with E-state index in [0.717, 1.165) is 6.42 Å². The number of rotatable bonds is 5. The van der Waals surface area contributed by atoms with Crippen LogP contribution < -0.4 is 29.0 Å². The zero-order chi connectivity index (χ0) is 23.5. The summed E-state index contributed by atoms with van der Waals surface area (Å²) in [5.74, 6) is 1.78. The molecule has 0 fully saturated rings. The summed E-state index contributed by atoms with van der Waals surface area (Å²) in [5.41, 5.74) is 1.26. The third-order valence-corrected chi connectivity index (χ3v) is 6.61. The number of fused-ring (bicyclic) bond motifs is 2. The first kappa shape index (κ1) is 21.9. The summed E-state index contributed by atoms with van der Waals surface area (Å²) in [6.45, 7) is 1.92. The molecule has 0 bridgehead atoms. The van der Waals surface area contributed by atoms with Crippen LogP contribution in [-0.4, -0.2) is 40.8 Å². The number of sulfonamides is 1. The third kappa shape index (κ3) is 4.72. The Morgan fingerprint density at radius 2 is 1.26 bits per heavy atom. The highest BCUT2D eigenvalue weighted by Gasteiger charge is 2.20. The molecule has 5 rings (SSSR count). The maximum Gasteiger partial charge on any atom is 0.262 e. The Bertz CT molecular complexity index is 1320. The Balaban J connectivity index is 1.26. The maximum absolute atomic E-state index is 12.8. The molecule has 2 N–H and O–H groups in total. The summed E-state index contributed by atoms with van der Waals surface area (Å²) in [5, 5.41) is 2.81. The van der Waals surface area contributed by atoms with Crippen LogP contribution >= 0.6 is 0 Å². The topological polar surface area (TPSA) is 112 Å². The van der Waals surface area contributed by atoms with E-state index >= 15 is 0 Å². The highest BCUT2D eigenvalue weighted by molar-refractivity contribution is 7.92. The standard InChI is InChI=1S/C24H22N2O7S/c27-24(25-18-6-8-20-22(14-18)31-11-1-10-30-20)16-2-4-17(5-3-16)26-34(28,29)19-7-9-21-23(15-19)33-13-12-32-21/h2-9,14-15,26H,1,10-13H2,(H,25,27). The molecule has 0 saturated carbocycles. The fourth-order valence-corrected chi connectivity index (χ4v) is 4.61. The average molecular weight is 483 g/mol. The molecule has 2 aliphatic heterocycles. The number of benzene rings is 3. The van der Waals surface area contributed by atoms with Crippen molar-refractivity contribution >= 4 is 27.3 Å². The van der Waals surface area contributed by atoms with Crippen LogP contribution in [0.5, 0.6) is 23.0 Å². The minimum atomic E-state index is -3.85. The molecule has 3 aromatic rings. The molecule has 0 spiro atoms. The molecule has 176 valence electrons. The second kappa shape index (κ2) is 9.14. The van der Waals surface area contributed by atoms with Crippen molar-refractivity contribution in [2.75, 3.05) is 36.5 Å². The number of carbonyl (C=O) groups is 1. The van der Waals surface area contributed by atoms with Crippen molar-refractivity contribution in [3.8, 4) is 23.0 Å². The summed E-state index contributed by atoms with van der Waals surface area (Å²) in [7, 11) is -3.85. The highest BCUT2D eigenvalue weighted by Crippen LogP contribution is 2.33. The second-order valence-corrected chi connectivity index (χ2v) is 9.34. The van der Waals surface area contributed by atoms with Gasteiger partial charge in [0.25, 0.3) is 15.9 Å². The van der Waals surface area contributed by atoms with Crippen molar-refractivity contribution < 1.29 is 32.2 Å². The Morgan fingerprint density at radius 3 is 2.03 bits per heavy atom. The molecule has 2 aliphatic rings. The lowest BCUT2D eigenvalue weighted by Crippen LogP contribution is -2.17. The van der Waals surface area contributed by atoms with Crippen LogP contribution in [0.3, 0.4) is 0 Å². The van der Waals surface area contributed by atoms with Crippen molar-refractivity contribution in [3.05, 3.63) is 66.2 Å². The van der Waals surface area contributed by atoms with Gasteiger partial charge in [-0.25, -0.2) is 8.42 Å². The number of amides is 1. The minimum absolute atomic E-state index is 0.0491. The molecule has 0 aromatic heterocycles. The van der Waals surface area contributed by atoms with E-state index in [2.05, 4.69) is 10.0 Å². The lowest BCUT2D eigenvalue weighted by atomic mass is 10.2. The maximum atomic E-state index is 12.8. The lowest BCUT2D eigenvalue weighted by molar-refractivity contribution is 0.102. The fourth-order valence-electron chi connectivity index (χ4n) is 3.54. The van der Waals surface area contributed by atoms with Gasteiger partial charge < -0.3 is 24.3 Å². The zero-order valence-electron chi connectivity index (χ0n) is 18.1. The molecule has 9 nitrogen and oxygen atoms in total. The molecule has 0 aliphatic carbocycles. The van der Waals surface area contributed by atoms with Gasteiger partial charge in [-0.05, 0) is 48.5 Å². The number of anilines is 2. The van der Waals surface area contributed by atoms with Gasteiger partial charge in [0, 0.05) is 35.5 Å². The smallest absolute Gasteiger partial charge is 0.262 e. The first-order chi connectivity index (χ1) is 16.5. The van der Waals surface area contributed by atoms with E-state index in [9.17, 15) is 13.2 Å². The molecule has 34 heavy (non-hydrogen) atoms. The van der Waals surface area contributed by atoms with Gasteiger partial charge in [0.15, 0.2) is 23.0 Å². The molecule has 3 aromatic carbocycles. The van der Waals surface area contributed by atoms with Gasteiger partial charge in [-0.3, -0.25) is 9.52 Å². The Hall–Kier alpha value is -3.92. The van der Waals surface area contributed by atoms with E-state index in [-0.39, 0.29) is 10.8 Å². The number of carbonyl (C=O) groups excluding carboxylic acids is 1. The van der Waals surface area contributed by atoms with Crippen LogP contribution in [0.15, 0.2) is 65.6 Å². The number of hydrogen-bond donors (Lipinski definition) is 2. The molecule has 10 heteroatoms. The van der Waals surface area contributed by atoms with E-state index < -0.39 is 10.0 Å². The van der Waals surface area contributed by atoms with Crippen LogP contribution in [0.1, 0.15) is 16.8 Å². The minimum Gasteiger partial charge on any atom is -0.490 e. The summed E-state index contributed by atoms with van der Waals surface area (Å²) < 4.78 is 50.2. The van der Waals surface area contributed by atoms with Gasteiger partial charge in [-0.2, -0.15) is 0 Å². The number of ether oxygens (including phenoxy) is 4. The van der Waals surface area contributed by atoms with E-state index in [4.69, 9.17) is 18.9 Å². The van der Waals surface area contributed by atoms with Gasteiger partial charge in [0.2, 0.25) is 0 Å². The summed E-state index contributed by atoms with van der Waals surface area (Å²) >= 11 is 0. The third-order valence-electron chi connectivity index (χ3n) is 5.23. The molecule has 0 unspecified atom stereocenters. The van der Waals surface area contributed by atoms with E-state index in [1.165, 1.54) is 24.3 Å². The Morgan fingerprint density at radius 1 is 0.676 bits per heavy atom. The largest absolute Gasteiger partial charge is 0.490 e. The van der Waals surface area contributed by atoms with Crippen molar-refractivity contribution in [3.63, 3.8) is 0 Å². The van der Waals surface area contributed by atoms with Gasteiger partial charge >= 0.3 is 0 Å². The second-order valence-electron chi connectivity index (χ2n) is 7.65. The zero-order valence-corrected chi connectivity index (χ0v) is 18.9. The molecule has 1 amide bonds. The molecular formula is C24H22N2O7S. The SMILES string of the molecule is O=C(Nc1ccc2c(c1)OCCCO2)c1ccc(NS(=O)(=O)c2ccc3c(c2)OCCO3)cc1. The molecule has 0 radical (unpaired) electrons.